The van der Waals surface area contributed by atoms with E-state index in [0.717, 1.165) is 11.3 Å². The number of rotatable bonds is 8. The van der Waals surface area contributed by atoms with Crippen LogP contribution in [0.2, 0.25) is 5.02 Å². The number of thioether (sulfide) groups is 1. The topological polar surface area (TPSA) is 99.0 Å². The molecule has 10 heteroatoms. The Bertz CT molecular complexity index is 1300. The Kier molecular flexibility index (Phi) is 7.56. The van der Waals surface area contributed by atoms with Crippen LogP contribution in [0.4, 0.5) is 5.69 Å². The number of esters is 1. The van der Waals surface area contributed by atoms with Crippen LogP contribution in [0.5, 0.6) is 0 Å². The van der Waals surface area contributed by atoms with Crippen LogP contribution in [-0.4, -0.2) is 44.0 Å². The van der Waals surface area contributed by atoms with Gasteiger partial charge in [0.25, 0.3) is 0 Å². The molecule has 0 radical (unpaired) electrons. The lowest BCUT2D eigenvalue weighted by molar-refractivity contribution is -0.113. The fourth-order valence-corrected chi connectivity index (χ4v) is 4.07. The Balaban J connectivity index is 1.50. The largest absolute Gasteiger partial charge is 0.462 e. The molecule has 0 aliphatic rings. The molecule has 172 valence electrons. The molecule has 2 aromatic carbocycles. The third-order valence-electron chi connectivity index (χ3n) is 4.65. The molecule has 2 aromatic heterocycles. The number of carbonyl (C=O) groups excluding carboxylic acids is 2. The fourth-order valence-electron chi connectivity index (χ4n) is 3.13. The predicted molar refractivity (Wildman–Crippen MR) is 131 cm³/mol. The fraction of sp³-hybridized carbons (Fsp3) is 0.125. The van der Waals surface area contributed by atoms with Gasteiger partial charge >= 0.3 is 5.97 Å². The van der Waals surface area contributed by atoms with Crippen molar-refractivity contribution < 1.29 is 14.3 Å². The van der Waals surface area contributed by atoms with Gasteiger partial charge in [-0.1, -0.05) is 29.4 Å². The number of hydrogen-bond donors (Lipinski definition) is 1. The Morgan fingerprint density at radius 3 is 2.53 bits per heavy atom. The maximum absolute atomic E-state index is 12.6. The molecule has 0 spiro atoms. The molecule has 4 aromatic rings. The van der Waals surface area contributed by atoms with Crippen LogP contribution < -0.4 is 5.32 Å². The summed E-state index contributed by atoms with van der Waals surface area (Å²) in [6, 6.07) is 17.5. The van der Waals surface area contributed by atoms with Crippen molar-refractivity contribution in [3.8, 4) is 17.1 Å². The van der Waals surface area contributed by atoms with Crippen molar-refractivity contribution in [1.82, 2.24) is 19.7 Å². The minimum Gasteiger partial charge on any atom is -0.462 e. The van der Waals surface area contributed by atoms with Gasteiger partial charge in [0.1, 0.15) is 0 Å². The number of amides is 1. The van der Waals surface area contributed by atoms with Crippen LogP contribution in [0, 0.1) is 0 Å². The van der Waals surface area contributed by atoms with Gasteiger partial charge in [-0.15, -0.1) is 10.2 Å². The molecule has 0 saturated carbocycles. The van der Waals surface area contributed by atoms with Crippen molar-refractivity contribution in [3.05, 3.63) is 83.6 Å². The van der Waals surface area contributed by atoms with Crippen LogP contribution in [0.3, 0.4) is 0 Å². The predicted octanol–water partition coefficient (Wildman–Crippen LogP) is 4.89. The van der Waals surface area contributed by atoms with E-state index in [1.165, 1.54) is 11.8 Å². The van der Waals surface area contributed by atoms with Gasteiger partial charge in [0, 0.05) is 28.7 Å². The summed E-state index contributed by atoms with van der Waals surface area (Å²) in [6.07, 6.45) is 3.36. The van der Waals surface area contributed by atoms with E-state index >= 15 is 0 Å². The maximum atomic E-state index is 12.6. The third-order valence-corrected chi connectivity index (χ3v) is 5.81. The second kappa shape index (κ2) is 11.0. The number of ether oxygens (including phenoxy) is 1. The lowest BCUT2D eigenvalue weighted by Crippen LogP contribution is -2.15. The second-order valence-corrected chi connectivity index (χ2v) is 8.37. The van der Waals surface area contributed by atoms with Crippen LogP contribution >= 0.6 is 23.4 Å². The molecule has 0 saturated heterocycles. The smallest absolute Gasteiger partial charge is 0.338 e. The van der Waals surface area contributed by atoms with E-state index in [0.29, 0.717) is 33.9 Å². The molecule has 0 fully saturated rings. The SMILES string of the molecule is CCOC(=O)c1ccc(NC(=O)CSc2nnc(-c3ccncc3)n2-c2cccc(Cl)c2)cc1. The summed E-state index contributed by atoms with van der Waals surface area (Å²) in [4.78, 5) is 28.4. The van der Waals surface area contributed by atoms with Gasteiger partial charge in [-0.05, 0) is 61.5 Å². The highest BCUT2D eigenvalue weighted by Crippen LogP contribution is 2.29. The molecule has 0 atom stereocenters. The highest BCUT2D eigenvalue weighted by atomic mass is 35.5. The first-order chi connectivity index (χ1) is 16.5. The molecule has 34 heavy (non-hydrogen) atoms. The minimum atomic E-state index is -0.402. The average Bonchev–Trinajstić information content (AvgIpc) is 3.28. The van der Waals surface area contributed by atoms with Gasteiger partial charge in [0.05, 0.1) is 23.6 Å². The zero-order valence-corrected chi connectivity index (χ0v) is 19.7. The molecule has 4 rings (SSSR count). The zero-order valence-electron chi connectivity index (χ0n) is 18.1. The van der Waals surface area contributed by atoms with Gasteiger partial charge in [0.15, 0.2) is 11.0 Å². The van der Waals surface area contributed by atoms with Crippen LogP contribution in [0.25, 0.3) is 17.1 Å². The molecule has 2 heterocycles. The molecule has 0 unspecified atom stereocenters. The molecule has 1 amide bonds. The number of nitrogens with one attached hydrogen (secondary N) is 1. The maximum Gasteiger partial charge on any atom is 0.338 e. The van der Waals surface area contributed by atoms with Crippen molar-refractivity contribution >= 4 is 40.9 Å². The Hall–Kier alpha value is -3.69. The molecule has 0 aliphatic carbocycles. The van der Waals surface area contributed by atoms with Crippen LogP contribution in [-0.2, 0) is 9.53 Å². The lowest BCUT2D eigenvalue weighted by Gasteiger charge is -2.11. The lowest BCUT2D eigenvalue weighted by atomic mass is 10.2. The first-order valence-electron chi connectivity index (χ1n) is 10.4. The number of anilines is 1. The number of nitrogens with zero attached hydrogens (tertiary/aromatic N) is 4. The third kappa shape index (κ3) is 5.62. The molecule has 0 bridgehead atoms. The number of halogens is 1. The van der Waals surface area contributed by atoms with Crippen LogP contribution in [0.15, 0.2) is 78.2 Å². The van der Waals surface area contributed by atoms with E-state index in [1.807, 2.05) is 34.9 Å². The van der Waals surface area contributed by atoms with Crippen molar-refractivity contribution in [2.75, 3.05) is 17.7 Å². The quantitative estimate of drug-likeness (QED) is 0.275. The Morgan fingerprint density at radius 2 is 1.82 bits per heavy atom. The summed E-state index contributed by atoms with van der Waals surface area (Å²) in [6.45, 7) is 2.05. The average molecular weight is 494 g/mol. The first kappa shape index (κ1) is 23.5. The summed E-state index contributed by atoms with van der Waals surface area (Å²) in [5, 5.41) is 12.6. The zero-order chi connectivity index (χ0) is 23.9. The number of pyridine rings is 1. The summed E-state index contributed by atoms with van der Waals surface area (Å²) >= 11 is 7.46. The van der Waals surface area contributed by atoms with Crippen molar-refractivity contribution in [2.45, 2.75) is 12.1 Å². The highest BCUT2D eigenvalue weighted by Gasteiger charge is 2.18. The summed E-state index contributed by atoms with van der Waals surface area (Å²) in [7, 11) is 0. The standard InChI is InChI=1S/C24H20ClN5O3S/c1-2-33-23(32)17-6-8-19(9-7-17)27-21(31)15-34-24-29-28-22(16-10-12-26-13-11-16)30(24)20-5-3-4-18(25)14-20/h3-14H,2,15H2,1H3,(H,27,31). The summed E-state index contributed by atoms with van der Waals surface area (Å²) in [5.74, 6) is 0.0951. The van der Waals surface area contributed by atoms with Gasteiger partial charge in [-0.3, -0.25) is 14.3 Å². The van der Waals surface area contributed by atoms with E-state index in [1.54, 1.807) is 49.6 Å². The normalized spacial score (nSPS) is 10.6. The summed E-state index contributed by atoms with van der Waals surface area (Å²) < 4.78 is 6.82. The highest BCUT2D eigenvalue weighted by molar-refractivity contribution is 7.99. The Labute approximate surface area is 205 Å². The van der Waals surface area contributed by atoms with E-state index in [4.69, 9.17) is 16.3 Å². The van der Waals surface area contributed by atoms with E-state index in [2.05, 4.69) is 20.5 Å². The van der Waals surface area contributed by atoms with Gasteiger partial charge in [0.2, 0.25) is 5.91 Å². The van der Waals surface area contributed by atoms with Crippen molar-refractivity contribution in [3.63, 3.8) is 0 Å². The van der Waals surface area contributed by atoms with Crippen LogP contribution in [0.1, 0.15) is 17.3 Å². The van der Waals surface area contributed by atoms with Crippen molar-refractivity contribution in [1.29, 1.82) is 0 Å². The molecule has 0 aliphatic heterocycles. The van der Waals surface area contributed by atoms with E-state index in [9.17, 15) is 9.59 Å². The van der Waals surface area contributed by atoms with E-state index in [-0.39, 0.29) is 11.7 Å². The van der Waals surface area contributed by atoms with Gasteiger partial charge in [-0.2, -0.15) is 0 Å². The molecule has 1 N–H and O–H groups in total. The number of carbonyl (C=O) groups is 2. The second-order valence-electron chi connectivity index (χ2n) is 6.99. The molecular weight excluding hydrogens is 474 g/mol. The first-order valence-corrected chi connectivity index (χ1v) is 11.7. The van der Waals surface area contributed by atoms with Gasteiger partial charge in [-0.25, -0.2) is 4.79 Å². The van der Waals surface area contributed by atoms with Crippen molar-refractivity contribution in [2.24, 2.45) is 0 Å². The molecule has 8 nitrogen and oxygen atoms in total. The number of benzene rings is 2. The summed E-state index contributed by atoms with van der Waals surface area (Å²) in [5.41, 5.74) is 2.61. The number of hydrogen-bond acceptors (Lipinski definition) is 7. The monoisotopic (exact) mass is 493 g/mol. The minimum absolute atomic E-state index is 0.106. The van der Waals surface area contributed by atoms with E-state index < -0.39 is 5.97 Å². The number of aromatic nitrogens is 4. The molecular formula is C24H20ClN5O3S. The Morgan fingerprint density at radius 1 is 1.06 bits per heavy atom. The van der Waals surface area contributed by atoms with Gasteiger partial charge < -0.3 is 10.1 Å².